The predicted molar refractivity (Wildman–Crippen MR) is 102 cm³/mol. The third-order valence-corrected chi connectivity index (χ3v) is 3.68. The Morgan fingerprint density at radius 1 is 0.654 bits per heavy atom. The van der Waals surface area contributed by atoms with Gasteiger partial charge < -0.3 is 0 Å². The molecule has 0 saturated heterocycles. The number of carbonyl (C=O) groups excluding carboxylic acids is 2. The summed E-state index contributed by atoms with van der Waals surface area (Å²) in [5.41, 5.74) is 2.91. The fourth-order valence-electron chi connectivity index (χ4n) is 2.27. The minimum Gasteiger partial charge on any atom is -0.289 e. The van der Waals surface area contributed by atoms with E-state index in [1.54, 1.807) is 61.2 Å². The smallest absolute Gasteiger partial charge is 0.187 e. The second-order valence-electron chi connectivity index (χ2n) is 5.55. The molecule has 2 aromatic heterocycles. The van der Waals surface area contributed by atoms with E-state index >= 15 is 0 Å². The molecule has 0 fully saturated rings. The molecule has 1 aromatic carbocycles. The minimum absolute atomic E-state index is 0.0934. The molecule has 0 amide bonds. The number of allylic oxidation sites excluding steroid dienone is 2. The number of nitrogens with zero attached hydrogens (tertiary/aromatic N) is 2. The molecule has 126 valence electrons. The summed E-state index contributed by atoms with van der Waals surface area (Å²) >= 11 is 0. The molecule has 0 aliphatic rings. The molecule has 0 aliphatic carbocycles. The summed E-state index contributed by atoms with van der Waals surface area (Å²) in [6.07, 6.45) is 12.9. The van der Waals surface area contributed by atoms with Crippen molar-refractivity contribution < 1.29 is 9.59 Å². The van der Waals surface area contributed by atoms with Gasteiger partial charge in [0.1, 0.15) is 0 Å². The normalized spacial score (nSPS) is 11.1. The van der Waals surface area contributed by atoms with Crippen LogP contribution in [0.2, 0.25) is 0 Å². The van der Waals surface area contributed by atoms with Gasteiger partial charge in [0.15, 0.2) is 11.6 Å². The number of hydrogen-bond donors (Lipinski definition) is 0. The van der Waals surface area contributed by atoms with E-state index in [2.05, 4.69) is 9.97 Å². The standard InChI is InChI=1S/C22H16N2O2/c25-21(19-3-1-13-23-15-19)11-9-17-5-7-18(8-6-17)10-12-22(26)20-4-2-14-24-16-20/h1-16H/b11-9+,12-10+. The minimum atomic E-state index is -0.0934. The molecule has 0 spiro atoms. The van der Waals surface area contributed by atoms with Crippen LogP contribution in [0.3, 0.4) is 0 Å². The molecule has 0 unspecified atom stereocenters. The van der Waals surface area contributed by atoms with E-state index < -0.39 is 0 Å². The monoisotopic (exact) mass is 340 g/mol. The van der Waals surface area contributed by atoms with Gasteiger partial charge in [-0.25, -0.2) is 0 Å². The van der Waals surface area contributed by atoms with Gasteiger partial charge in [-0.2, -0.15) is 0 Å². The summed E-state index contributed by atoms with van der Waals surface area (Å²) in [4.78, 5) is 31.9. The van der Waals surface area contributed by atoms with Crippen LogP contribution in [0.5, 0.6) is 0 Å². The third kappa shape index (κ3) is 4.68. The zero-order valence-corrected chi connectivity index (χ0v) is 13.9. The molecular weight excluding hydrogens is 324 g/mol. The molecule has 0 bridgehead atoms. The fraction of sp³-hybridized carbons (Fsp3) is 0. The van der Waals surface area contributed by atoms with Gasteiger partial charge in [-0.3, -0.25) is 19.6 Å². The van der Waals surface area contributed by atoms with E-state index in [9.17, 15) is 9.59 Å². The van der Waals surface area contributed by atoms with Crippen LogP contribution in [0, 0.1) is 0 Å². The van der Waals surface area contributed by atoms with E-state index in [4.69, 9.17) is 0 Å². The molecule has 4 heteroatoms. The highest BCUT2D eigenvalue weighted by Gasteiger charge is 2.01. The SMILES string of the molecule is O=C(/C=C/c1ccc(/C=C/C(=O)c2cccnc2)cc1)c1cccnc1. The number of benzene rings is 1. The number of pyridine rings is 2. The summed E-state index contributed by atoms with van der Waals surface area (Å²) in [5, 5.41) is 0. The summed E-state index contributed by atoms with van der Waals surface area (Å²) in [6, 6.07) is 14.5. The second kappa shape index (κ2) is 8.44. The second-order valence-corrected chi connectivity index (χ2v) is 5.55. The van der Waals surface area contributed by atoms with Gasteiger partial charge in [0.05, 0.1) is 0 Å². The molecule has 0 radical (unpaired) electrons. The molecule has 3 rings (SSSR count). The highest BCUT2D eigenvalue weighted by molar-refractivity contribution is 6.07. The first-order valence-electron chi connectivity index (χ1n) is 8.07. The Morgan fingerprint density at radius 2 is 1.08 bits per heavy atom. The summed E-state index contributed by atoms with van der Waals surface area (Å²) in [5.74, 6) is -0.187. The number of ketones is 2. The van der Waals surface area contributed by atoms with Gasteiger partial charge in [0.2, 0.25) is 0 Å². The number of hydrogen-bond acceptors (Lipinski definition) is 4. The van der Waals surface area contributed by atoms with Crippen molar-refractivity contribution >= 4 is 23.7 Å². The largest absolute Gasteiger partial charge is 0.289 e. The third-order valence-electron chi connectivity index (χ3n) is 3.68. The Bertz CT molecular complexity index is 864. The molecule has 26 heavy (non-hydrogen) atoms. The van der Waals surface area contributed by atoms with Crippen LogP contribution >= 0.6 is 0 Å². The molecule has 0 N–H and O–H groups in total. The Labute approximate surface area is 151 Å². The molecule has 2 heterocycles. The Morgan fingerprint density at radius 3 is 1.42 bits per heavy atom. The topological polar surface area (TPSA) is 59.9 Å². The Hall–Kier alpha value is -3.66. The van der Waals surface area contributed by atoms with Gasteiger partial charge >= 0.3 is 0 Å². The summed E-state index contributed by atoms with van der Waals surface area (Å²) < 4.78 is 0. The molecular formula is C22H16N2O2. The first-order chi connectivity index (χ1) is 12.7. The van der Waals surface area contributed by atoms with Gasteiger partial charge in [-0.15, -0.1) is 0 Å². The van der Waals surface area contributed by atoms with E-state index in [-0.39, 0.29) is 11.6 Å². The van der Waals surface area contributed by atoms with Crippen molar-refractivity contribution in [3.05, 3.63) is 108 Å². The predicted octanol–water partition coefficient (Wildman–Crippen LogP) is 4.27. The lowest BCUT2D eigenvalue weighted by Crippen LogP contribution is -1.94. The number of rotatable bonds is 6. The van der Waals surface area contributed by atoms with Crippen LogP contribution < -0.4 is 0 Å². The van der Waals surface area contributed by atoms with E-state index in [1.165, 1.54) is 12.2 Å². The highest BCUT2D eigenvalue weighted by atomic mass is 16.1. The lowest BCUT2D eigenvalue weighted by molar-refractivity contribution is 0.103. The lowest BCUT2D eigenvalue weighted by Gasteiger charge is -1.97. The highest BCUT2D eigenvalue weighted by Crippen LogP contribution is 2.10. The molecule has 0 saturated carbocycles. The molecule has 0 aliphatic heterocycles. The molecule has 3 aromatic rings. The Balaban J connectivity index is 1.63. The van der Waals surface area contributed by atoms with Gasteiger partial charge in [0.25, 0.3) is 0 Å². The average molecular weight is 340 g/mol. The number of aromatic nitrogens is 2. The average Bonchev–Trinajstić information content (AvgIpc) is 2.72. The summed E-state index contributed by atoms with van der Waals surface area (Å²) in [7, 11) is 0. The quantitative estimate of drug-likeness (QED) is 0.497. The van der Waals surface area contributed by atoms with Crippen molar-refractivity contribution in [2.24, 2.45) is 0 Å². The maximum Gasteiger partial charge on any atom is 0.187 e. The van der Waals surface area contributed by atoms with Crippen molar-refractivity contribution in [2.45, 2.75) is 0 Å². The maximum absolute atomic E-state index is 12.0. The Kier molecular flexibility index (Phi) is 5.58. The van der Waals surface area contributed by atoms with Crippen LogP contribution in [0.25, 0.3) is 12.2 Å². The first kappa shape index (κ1) is 17.2. The number of carbonyl (C=O) groups is 2. The van der Waals surface area contributed by atoms with Crippen molar-refractivity contribution in [1.29, 1.82) is 0 Å². The van der Waals surface area contributed by atoms with Crippen LogP contribution in [-0.2, 0) is 0 Å². The maximum atomic E-state index is 12.0. The lowest BCUT2D eigenvalue weighted by atomic mass is 10.1. The van der Waals surface area contributed by atoms with Crippen LogP contribution in [0.4, 0.5) is 0 Å². The molecule has 4 nitrogen and oxygen atoms in total. The van der Waals surface area contributed by atoms with Gasteiger partial charge in [0, 0.05) is 35.9 Å². The van der Waals surface area contributed by atoms with Crippen molar-refractivity contribution in [3.63, 3.8) is 0 Å². The van der Waals surface area contributed by atoms with Crippen molar-refractivity contribution in [1.82, 2.24) is 9.97 Å². The van der Waals surface area contributed by atoms with Crippen LogP contribution in [-0.4, -0.2) is 21.5 Å². The fourth-order valence-corrected chi connectivity index (χ4v) is 2.27. The first-order valence-corrected chi connectivity index (χ1v) is 8.07. The van der Waals surface area contributed by atoms with E-state index in [0.29, 0.717) is 11.1 Å². The zero-order chi connectivity index (χ0) is 18.2. The van der Waals surface area contributed by atoms with Crippen LogP contribution in [0.15, 0.2) is 85.5 Å². The zero-order valence-electron chi connectivity index (χ0n) is 13.9. The van der Waals surface area contributed by atoms with Gasteiger partial charge in [-0.1, -0.05) is 36.4 Å². The summed E-state index contributed by atoms with van der Waals surface area (Å²) in [6.45, 7) is 0. The van der Waals surface area contributed by atoms with E-state index in [1.807, 2.05) is 24.3 Å². The van der Waals surface area contributed by atoms with Crippen molar-refractivity contribution in [2.75, 3.05) is 0 Å². The van der Waals surface area contributed by atoms with E-state index in [0.717, 1.165) is 11.1 Å². The molecule has 0 atom stereocenters. The van der Waals surface area contributed by atoms with Gasteiger partial charge in [-0.05, 0) is 47.5 Å². The van der Waals surface area contributed by atoms with Crippen LogP contribution in [0.1, 0.15) is 31.8 Å². The van der Waals surface area contributed by atoms with Crippen molar-refractivity contribution in [3.8, 4) is 0 Å².